The standard InChI is InChI=1S/C5H8ClOP/c1-3-8(7,4-2)5-6/h3-4H,1-2,5H2. The van der Waals surface area contributed by atoms with Crippen LogP contribution in [0.25, 0.3) is 0 Å². The smallest absolute Gasteiger partial charge is 0.142 e. The van der Waals surface area contributed by atoms with Crippen molar-refractivity contribution >= 4 is 18.7 Å². The molecule has 0 bridgehead atoms. The van der Waals surface area contributed by atoms with Gasteiger partial charge in [-0.05, 0) is 11.6 Å². The van der Waals surface area contributed by atoms with Gasteiger partial charge in [0.1, 0.15) is 7.14 Å². The molecule has 0 N–H and O–H groups in total. The lowest BCUT2D eigenvalue weighted by Gasteiger charge is -1.99. The normalized spacial score (nSPS) is 10.6. The molecule has 0 atom stereocenters. The van der Waals surface area contributed by atoms with Crippen molar-refractivity contribution in [3.05, 3.63) is 24.8 Å². The third kappa shape index (κ3) is 1.85. The van der Waals surface area contributed by atoms with Crippen LogP contribution in [0.2, 0.25) is 0 Å². The number of halogens is 1. The summed E-state index contributed by atoms with van der Waals surface area (Å²) in [6, 6.07) is 0. The summed E-state index contributed by atoms with van der Waals surface area (Å²) in [5.41, 5.74) is 0.111. The topological polar surface area (TPSA) is 17.1 Å². The van der Waals surface area contributed by atoms with Gasteiger partial charge in [-0.25, -0.2) is 0 Å². The molecule has 0 heterocycles. The van der Waals surface area contributed by atoms with E-state index in [9.17, 15) is 4.57 Å². The van der Waals surface area contributed by atoms with Crippen LogP contribution in [-0.4, -0.2) is 5.62 Å². The fourth-order valence-electron chi connectivity index (χ4n) is 0.172. The predicted octanol–water partition coefficient (Wildman–Crippen LogP) is 2.83. The molecule has 1 nitrogen and oxygen atoms in total. The number of rotatable bonds is 3. The van der Waals surface area contributed by atoms with E-state index in [0.717, 1.165) is 0 Å². The molecule has 0 aliphatic rings. The highest BCUT2D eigenvalue weighted by molar-refractivity contribution is 7.71. The summed E-state index contributed by atoms with van der Waals surface area (Å²) in [7, 11) is -2.37. The van der Waals surface area contributed by atoms with Crippen LogP contribution >= 0.6 is 18.7 Å². The largest absolute Gasteiger partial charge is 0.314 e. The van der Waals surface area contributed by atoms with Crippen LogP contribution in [0.3, 0.4) is 0 Å². The Bertz CT molecular complexity index is 129. The molecule has 0 rings (SSSR count). The van der Waals surface area contributed by atoms with Gasteiger partial charge >= 0.3 is 0 Å². The first kappa shape index (κ1) is 8.00. The average molecular weight is 151 g/mol. The van der Waals surface area contributed by atoms with Crippen molar-refractivity contribution in [3.8, 4) is 0 Å². The monoisotopic (exact) mass is 150 g/mol. The van der Waals surface area contributed by atoms with Crippen LogP contribution < -0.4 is 0 Å². The van der Waals surface area contributed by atoms with Gasteiger partial charge in [0, 0.05) is 0 Å². The summed E-state index contributed by atoms with van der Waals surface area (Å²) < 4.78 is 11.0. The minimum atomic E-state index is -2.37. The first-order valence-electron chi connectivity index (χ1n) is 2.10. The minimum Gasteiger partial charge on any atom is -0.314 e. The van der Waals surface area contributed by atoms with E-state index >= 15 is 0 Å². The van der Waals surface area contributed by atoms with E-state index < -0.39 is 7.14 Å². The van der Waals surface area contributed by atoms with Gasteiger partial charge in [0.05, 0.1) is 5.62 Å². The second kappa shape index (κ2) is 3.11. The molecule has 0 fully saturated rings. The Hall–Kier alpha value is -0.0000000000000000555. The van der Waals surface area contributed by atoms with E-state index in [1.54, 1.807) is 0 Å². The summed E-state index contributed by atoms with van der Waals surface area (Å²) in [6.07, 6.45) is 0. The lowest BCUT2D eigenvalue weighted by atomic mass is 11.2. The number of hydrogen-bond acceptors (Lipinski definition) is 1. The van der Waals surface area contributed by atoms with E-state index in [1.807, 2.05) is 0 Å². The molecule has 46 valence electrons. The average Bonchev–Trinajstić information content (AvgIpc) is 1.87. The fourth-order valence-corrected chi connectivity index (χ4v) is 1.10. The number of alkyl halides is 1. The van der Waals surface area contributed by atoms with E-state index in [4.69, 9.17) is 11.6 Å². The molecule has 0 aliphatic carbocycles. The van der Waals surface area contributed by atoms with Gasteiger partial charge in [0.2, 0.25) is 0 Å². The first-order valence-corrected chi connectivity index (χ1v) is 4.66. The van der Waals surface area contributed by atoms with Crippen molar-refractivity contribution < 1.29 is 4.57 Å². The Labute approximate surface area is 54.4 Å². The molecular formula is C5H8ClOP. The van der Waals surface area contributed by atoms with Gasteiger partial charge in [-0.1, -0.05) is 13.2 Å². The Balaban J connectivity index is 4.21. The molecule has 0 aromatic rings. The molecule has 0 aliphatic heterocycles. The lowest BCUT2D eigenvalue weighted by molar-refractivity contribution is 0.589. The molecule has 0 radical (unpaired) electrons. The van der Waals surface area contributed by atoms with Gasteiger partial charge in [-0.2, -0.15) is 0 Å². The van der Waals surface area contributed by atoms with Crippen molar-refractivity contribution in [2.24, 2.45) is 0 Å². The fraction of sp³-hybridized carbons (Fsp3) is 0.200. The maximum atomic E-state index is 11.0. The number of hydrogen-bond donors (Lipinski definition) is 0. The summed E-state index contributed by atoms with van der Waals surface area (Å²) in [5.74, 6) is 2.71. The Morgan fingerprint density at radius 3 is 1.88 bits per heavy atom. The molecule has 0 amide bonds. The van der Waals surface area contributed by atoms with Gasteiger partial charge in [0.25, 0.3) is 0 Å². The maximum Gasteiger partial charge on any atom is 0.142 e. The van der Waals surface area contributed by atoms with Crippen molar-refractivity contribution in [1.29, 1.82) is 0 Å². The lowest BCUT2D eigenvalue weighted by Crippen LogP contribution is -1.68. The van der Waals surface area contributed by atoms with Crippen LogP contribution in [-0.2, 0) is 4.57 Å². The molecule has 0 aromatic carbocycles. The van der Waals surface area contributed by atoms with E-state index in [1.165, 1.54) is 11.6 Å². The minimum absolute atomic E-state index is 0.111. The molecule has 0 saturated carbocycles. The molecule has 0 unspecified atom stereocenters. The summed E-state index contributed by atoms with van der Waals surface area (Å²) in [4.78, 5) is 0. The predicted molar refractivity (Wildman–Crippen MR) is 38.7 cm³/mol. The zero-order valence-electron chi connectivity index (χ0n) is 4.51. The van der Waals surface area contributed by atoms with Crippen LogP contribution in [0, 0.1) is 0 Å². The highest BCUT2D eigenvalue weighted by atomic mass is 35.5. The highest BCUT2D eigenvalue weighted by Crippen LogP contribution is 2.48. The first-order chi connectivity index (χ1) is 3.68. The van der Waals surface area contributed by atoms with Gasteiger partial charge in [-0.15, -0.1) is 11.6 Å². The van der Waals surface area contributed by atoms with Gasteiger partial charge in [0.15, 0.2) is 0 Å². The quantitative estimate of drug-likeness (QED) is 0.447. The van der Waals surface area contributed by atoms with Crippen molar-refractivity contribution in [1.82, 2.24) is 0 Å². The molecule has 8 heavy (non-hydrogen) atoms. The maximum absolute atomic E-state index is 11.0. The third-order valence-corrected chi connectivity index (χ3v) is 3.54. The SMILES string of the molecule is C=CP(=O)(C=C)CCl. The second-order valence-corrected chi connectivity index (χ2v) is 4.73. The summed E-state index contributed by atoms with van der Waals surface area (Å²) in [6.45, 7) is 6.71. The molecular weight excluding hydrogens is 142 g/mol. The summed E-state index contributed by atoms with van der Waals surface area (Å²) in [5, 5.41) is 0. The Kier molecular flexibility index (Phi) is 3.11. The molecule has 3 heteroatoms. The molecule has 0 saturated heterocycles. The zero-order chi connectivity index (χ0) is 6.62. The van der Waals surface area contributed by atoms with Crippen LogP contribution in [0.4, 0.5) is 0 Å². The molecule has 0 spiro atoms. The second-order valence-electron chi connectivity index (χ2n) is 1.34. The van der Waals surface area contributed by atoms with Gasteiger partial charge < -0.3 is 4.57 Å². The third-order valence-electron chi connectivity index (χ3n) is 0.805. The highest BCUT2D eigenvalue weighted by Gasteiger charge is 2.08. The van der Waals surface area contributed by atoms with E-state index in [2.05, 4.69) is 13.2 Å². The zero-order valence-corrected chi connectivity index (χ0v) is 6.16. The summed E-state index contributed by atoms with van der Waals surface area (Å²) >= 11 is 5.30. The van der Waals surface area contributed by atoms with Crippen molar-refractivity contribution in [2.75, 3.05) is 5.62 Å². The van der Waals surface area contributed by atoms with Gasteiger partial charge in [-0.3, -0.25) is 0 Å². The van der Waals surface area contributed by atoms with Crippen LogP contribution in [0.15, 0.2) is 24.8 Å². The van der Waals surface area contributed by atoms with E-state index in [-0.39, 0.29) is 5.62 Å². The van der Waals surface area contributed by atoms with Crippen LogP contribution in [0.5, 0.6) is 0 Å². The van der Waals surface area contributed by atoms with Crippen molar-refractivity contribution in [2.45, 2.75) is 0 Å². The van der Waals surface area contributed by atoms with Crippen LogP contribution in [0.1, 0.15) is 0 Å². The Morgan fingerprint density at radius 1 is 1.50 bits per heavy atom. The molecule has 0 aromatic heterocycles. The Morgan fingerprint density at radius 2 is 1.88 bits per heavy atom. The van der Waals surface area contributed by atoms with E-state index in [0.29, 0.717) is 0 Å². The van der Waals surface area contributed by atoms with Crippen molar-refractivity contribution in [3.63, 3.8) is 0 Å².